The quantitative estimate of drug-likeness (QED) is 0.790. The average Bonchev–Trinajstić information content (AvgIpc) is 2.70. The number of hydrogen-bond donors (Lipinski definition) is 2. The maximum atomic E-state index is 12.3. The number of nitrogens with one attached hydrogen (secondary N) is 1. The van der Waals surface area contributed by atoms with Crippen LogP contribution < -0.4 is 5.32 Å². The average molecular weight is 213 g/mol. The van der Waals surface area contributed by atoms with E-state index in [1.54, 1.807) is 6.07 Å². The molecule has 1 aliphatic heterocycles. The van der Waals surface area contributed by atoms with Crippen molar-refractivity contribution in [2.24, 2.45) is 0 Å². The molecule has 0 aromatic heterocycles. The standard InChI is InChI=1S/C11H13F2NO/c12-11(13)7-1-2-9(10(15)5-7)8-3-4-14-6-8/h1-2,5,8,11,14-15H,3-4,6H2. The van der Waals surface area contributed by atoms with Gasteiger partial charge in [-0.05, 0) is 24.6 Å². The van der Waals surface area contributed by atoms with Crippen LogP contribution in [0.15, 0.2) is 18.2 Å². The van der Waals surface area contributed by atoms with Gasteiger partial charge in [-0.3, -0.25) is 0 Å². The highest BCUT2D eigenvalue weighted by molar-refractivity contribution is 5.39. The van der Waals surface area contributed by atoms with E-state index >= 15 is 0 Å². The molecule has 2 nitrogen and oxygen atoms in total. The van der Waals surface area contributed by atoms with Crippen molar-refractivity contribution in [3.05, 3.63) is 29.3 Å². The summed E-state index contributed by atoms with van der Waals surface area (Å²) in [7, 11) is 0. The largest absolute Gasteiger partial charge is 0.508 e. The molecule has 4 heteroatoms. The van der Waals surface area contributed by atoms with Crippen molar-refractivity contribution in [3.63, 3.8) is 0 Å². The van der Waals surface area contributed by atoms with Gasteiger partial charge in [-0.25, -0.2) is 8.78 Å². The third kappa shape index (κ3) is 2.09. The van der Waals surface area contributed by atoms with Crippen molar-refractivity contribution in [3.8, 4) is 5.75 Å². The zero-order valence-corrected chi connectivity index (χ0v) is 8.21. The Morgan fingerprint density at radius 3 is 2.73 bits per heavy atom. The zero-order valence-electron chi connectivity index (χ0n) is 8.21. The highest BCUT2D eigenvalue weighted by Crippen LogP contribution is 2.32. The third-order valence-corrected chi connectivity index (χ3v) is 2.81. The van der Waals surface area contributed by atoms with Crippen molar-refractivity contribution >= 4 is 0 Å². The fourth-order valence-corrected chi connectivity index (χ4v) is 1.96. The van der Waals surface area contributed by atoms with E-state index in [2.05, 4.69) is 5.32 Å². The van der Waals surface area contributed by atoms with E-state index in [9.17, 15) is 13.9 Å². The van der Waals surface area contributed by atoms with Crippen molar-refractivity contribution in [1.82, 2.24) is 5.32 Å². The zero-order chi connectivity index (χ0) is 10.8. The monoisotopic (exact) mass is 213 g/mol. The number of rotatable bonds is 2. The molecule has 0 bridgehead atoms. The molecule has 0 saturated carbocycles. The lowest BCUT2D eigenvalue weighted by Crippen LogP contribution is -2.08. The maximum absolute atomic E-state index is 12.3. The lowest BCUT2D eigenvalue weighted by molar-refractivity contribution is 0.151. The van der Waals surface area contributed by atoms with Crippen LogP contribution in [0.3, 0.4) is 0 Å². The van der Waals surface area contributed by atoms with E-state index < -0.39 is 6.43 Å². The van der Waals surface area contributed by atoms with Crippen molar-refractivity contribution in [1.29, 1.82) is 0 Å². The Morgan fingerprint density at radius 2 is 2.20 bits per heavy atom. The molecule has 0 amide bonds. The number of phenolic OH excluding ortho intramolecular Hbond substituents is 1. The van der Waals surface area contributed by atoms with Gasteiger partial charge in [-0.2, -0.15) is 0 Å². The van der Waals surface area contributed by atoms with Crippen LogP contribution in [0, 0.1) is 0 Å². The normalized spacial score (nSPS) is 21.1. The van der Waals surface area contributed by atoms with Crippen LogP contribution in [0.5, 0.6) is 5.75 Å². The van der Waals surface area contributed by atoms with Gasteiger partial charge >= 0.3 is 0 Å². The molecule has 1 unspecified atom stereocenters. The highest BCUT2D eigenvalue weighted by atomic mass is 19.3. The second kappa shape index (κ2) is 4.14. The first kappa shape index (κ1) is 10.4. The van der Waals surface area contributed by atoms with Gasteiger partial charge in [-0.15, -0.1) is 0 Å². The lowest BCUT2D eigenvalue weighted by atomic mass is 9.96. The van der Waals surface area contributed by atoms with Crippen LogP contribution >= 0.6 is 0 Å². The van der Waals surface area contributed by atoms with Gasteiger partial charge in [0.15, 0.2) is 0 Å². The summed E-state index contributed by atoms with van der Waals surface area (Å²) in [5.41, 5.74) is 0.645. The van der Waals surface area contributed by atoms with Gasteiger partial charge in [0, 0.05) is 18.0 Å². The molecule has 1 saturated heterocycles. The van der Waals surface area contributed by atoms with Crippen LogP contribution in [-0.4, -0.2) is 18.2 Å². The van der Waals surface area contributed by atoms with Crippen LogP contribution in [-0.2, 0) is 0 Å². The third-order valence-electron chi connectivity index (χ3n) is 2.81. The van der Waals surface area contributed by atoms with Crippen molar-refractivity contribution in [2.75, 3.05) is 13.1 Å². The molecular formula is C11H13F2NO. The first-order valence-corrected chi connectivity index (χ1v) is 5.00. The minimum Gasteiger partial charge on any atom is -0.508 e. The predicted octanol–water partition coefficient (Wildman–Crippen LogP) is 2.41. The molecule has 0 spiro atoms. The molecule has 1 aliphatic rings. The maximum Gasteiger partial charge on any atom is 0.263 e. The molecular weight excluding hydrogens is 200 g/mol. The summed E-state index contributed by atoms with van der Waals surface area (Å²) in [6.45, 7) is 1.72. The van der Waals surface area contributed by atoms with Gasteiger partial charge < -0.3 is 10.4 Å². The minimum atomic E-state index is -2.52. The number of aromatic hydroxyl groups is 1. The van der Waals surface area contributed by atoms with Crippen molar-refractivity contribution in [2.45, 2.75) is 18.8 Å². The van der Waals surface area contributed by atoms with Gasteiger partial charge in [0.2, 0.25) is 0 Å². The Morgan fingerprint density at radius 1 is 1.40 bits per heavy atom. The lowest BCUT2D eigenvalue weighted by Gasteiger charge is -2.12. The molecule has 0 aliphatic carbocycles. The number of hydrogen-bond acceptors (Lipinski definition) is 2. The molecule has 1 atom stereocenters. The van der Waals surface area contributed by atoms with Gasteiger partial charge in [0.1, 0.15) is 5.75 Å². The Kier molecular flexibility index (Phi) is 2.86. The molecule has 1 aromatic carbocycles. The van der Waals surface area contributed by atoms with Crippen LogP contribution in [0.1, 0.15) is 29.9 Å². The molecule has 0 radical (unpaired) electrons. The molecule has 15 heavy (non-hydrogen) atoms. The molecule has 1 aromatic rings. The Bertz CT molecular complexity index is 348. The van der Waals surface area contributed by atoms with Gasteiger partial charge in [0.05, 0.1) is 0 Å². The summed E-state index contributed by atoms with van der Waals surface area (Å²) < 4.78 is 24.7. The second-order valence-electron chi connectivity index (χ2n) is 3.81. The van der Waals surface area contributed by atoms with Crippen LogP contribution in [0.2, 0.25) is 0 Å². The summed E-state index contributed by atoms with van der Waals surface area (Å²) in [5.74, 6) is 0.234. The summed E-state index contributed by atoms with van der Waals surface area (Å²) in [4.78, 5) is 0. The van der Waals surface area contributed by atoms with E-state index in [1.807, 2.05) is 0 Å². The number of alkyl halides is 2. The van der Waals surface area contributed by atoms with E-state index in [0.29, 0.717) is 0 Å². The van der Waals surface area contributed by atoms with E-state index in [0.717, 1.165) is 25.1 Å². The minimum absolute atomic E-state index is 0.0125. The Balaban J connectivity index is 2.25. The highest BCUT2D eigenvalue weighted by Gasteiger charge is 2.20. The number of halogens is 2. The Labute approximate surface area is 86.9 Å². The summed E-state index contributed by atoms with van der Waals surface area (Å²) in [5, 5.41) is 12.8. The first-order chi connectivity index (χ1) is 7.18. The predicted molar refractivity (Wildman–Crippen MR) is 53.3 cm³/mol. The van der Waals surface area contributed by atoms with Gasteiger partial charge in [-0.1, -0.05) is 12.1 Å². The smallest absolute Gasteiger partial charge is 0.263 e. The summed E-state index contributed by atoms with van der Waals surface area (Å²) in [6, 6.07) is 4.16. The molecule has 1 fully saturated rings. The number of phenols is 1. The fraction of sp³-hybridized carbons (Fsp3) is 0.455. The Hall–Kier alpha value is -1.16. The first-order valence-electron chi connectivity index (χ1n) is 5.00. The van der Waals surface area contributed by atoms with Crippen LogP contribution in [0.25, 0.3) is 0 Å². The molecule has 82 valence electrons. The van der Waals surface area contributed by atoms with E-state index in [4.69, 9.17) is 0 Å². The number of benzene rings is 1. The molecule has 2 rings (SSSR count). The van der Waals surface area contributed by atoms with E-state index in [1.165, 1.54) is 12.1 Å². The van der Waals surface area contributed by atoms with Crippen LogP contribution in [0.4, 0.5) is 8.78 Å². The second-order valence-corrected chi connectivity index (χ2v) is 3.81. The summed E-state index contributed by atoms with van der Waals surface area (Å²) in [6.07, 6.45) is -1.58. The molecule has 1 heterocycles. The van der Waals surface area contributed by atoms with Gasteiger partial charge in [0.25, 0.3) is 6.43 Å². The topological polar surface area (TPSA) is 32.3 Å². The molecule has 2 N–H and O–H groups in total. The summed E-state index contributed by atoms with van der Waals surface area (Å²) >= 11 is 0. The fourth-order valence-electron chi connectivity index (χ4n) is 1.96. The van der Waals surface area contributed by atoms with Crippen molar-refractivity contribution < 1.29 is 13.9 Å². The van der Waals surface area contributed by atoms with E-state index in [-0.39, 0.29) is 17.2 Å². The SMILES string of the molecule is Oc1cc(C(F)F)ccc1C1CCNC1.